The summed E-state index contributed by atoms with van der Waals surface area (Å²) < 4.78 is 13.2. The Hall–Kier alpha value is -0.640. The van der Waals surface area contributed by atoms with E-state index in [1.54, 1.807) is 0 Å². The summed E-state index contributed by atoms with van der Waals surface area (Å²) in [4.78, 5) is 0. The van der Waals surface area contributed by atoms with Gasteiger partial charge in [0.15, 0.2) is 5.79 Å². The van der Waals surface area contributed by atoms with Gasteiger partial charge >= 0.3 is 0 Å². The molecule has 1 aliphatic rings. The summed E-state index contributed by atoms with van der Waals surface area (Å²) in [7, 11) is 0. The molecule has 0 saturated carbocycles. The van der Waals surface area contributed by atoms with Gasteiger partial charge in [-0.1, -0.05) is 59.6 Å². The molecule has 1 aliphatic heterocycles. The van der Waals surface area contributed by atoms with E-state index in [4.69, 9.17) is 9.47 Å². The van der Waals surface area contributed by atoms with Crippen molar-refractivity contribution in [1.82, 2.24) is 0 Å². The van der Waals surface area contributed by atoms with E-state index in [1.165, 1.54) is 4.48 Å². The minimum absolute atomic E-state index is 0.0411. The average Bonchev–Trinajstić information content (AvgIpc) is 2.66. The van der Waals surface area contributed by atoms with Gasteiger partial charge in [-0.2, -0.15) is 0 Å². The van der Waals surface area contributed by atoms with Crippen LogP contribution in [0.15, 0.2) is 40.9 Å². The molecule has 0 unspecified atom stereocenters. The standard InChI is InChI=1S/C16H21BrO2/c1-4-8-13(17)11-14-15(19-16(2,3)18-14)12-9-6-5-7-10-12/h5-7,9-11,14-15H,4,8H2,1-3H3/b13-11-/t14-,15-/m1/s1. The van der Waals surface area contributed by atoms with Crippen LogP contribution < -0.4 is 0 Å². The van der Waals surface area contributed by atoms with Gasteiger partial charge in [-0.15, -0.1) is 0 Å². The molecule has 19 heavy (non-hydrogen) atoms. The highest BCUT2D eigenvalue weighted by atomic mass is 79.9. The molecule has 2 nitrogen and oxygen atoms in total. The largest absolute Gasteiger partial charge is 0.340 e. The fourth-order valence-electron chi connectivity index (χ4n) is 2.31. The van der Waals surface area contributed by atoms with E-state index in [0.717, 1.165) is 18.4 Å². The van der Waals surface area contributed by atoms with Gasteiger partial charge in [0.25, 0.3) is 0 Å². The molecule has 0 spiro atoms. The van der Waals surface area contributed by atoms with Crippen molar-refractivity contribution in [3.8, 4) is 0 Å². The molecule has 0 amide bonds. The van der Waals surface area contributed by atoms with Crippen molar-refractivity contribution in [3.05, 3.63) is 46.5 Å². The van der Waals surface area contributed by atoms with Crippen LogP contribution in [0.3, 0.4) is 0 Å². The van der Waals surface area contributed by atoms with Gasteiger partial charge < -0.3 is 9.47 Å². The first-order valence-corrected chi connectivity index (χ1v) is 7.58. The van der Waals surface area contributed by atoms with E-state index in [2.05, 4.69) is 41.1 Å². The topological polar surface area (TPSA) is 18.5 Å². The molecule has 1 aromatic rings. The van der Waals surface area contributed by atoms with Crippen LogP contribution in [-0.2, 0) is 9.47 Å². The predicted octanol–water partition coefficient (Wildman–Crippen LogP) is 4.96. The van der Waals surface area contributed by atoms with Crippen LogP contribution in [0, 0.1) is 0 Å². The van der Waals surface area contributed by atoms with Crippen molar-refractivity contribution in [1.29, 1.82) is 0 Å². The van der Waals surface area contributed by atoms with Crippen LogP contribution in [-0.4, -0.2) is 11.9 Å². The SMILES string of the molecule is CCC/C(Br)=C/[C@H]1OC(C)(C)O[C@@H]1c1ccccc1. The van der Waals surface area contributed by atoms with E-state index in [1.807, 2.05) is 32.0 Å². The van der Waals surface area contributed by atoms with Gasteiger partial charge in [0.2, 0.25) is 0 Å². The summed E-state index contributed by atoms with van der Waals surface area (Å²) in [5.41, 5.74) is 1.16. The number of ether oxygens (including phenoxy) is 2. The Bertz CT molecular complexity index is 439. The Kier molecular flexibility index (Phi) is 4.82. The summed E-state index contributed by atoms with van der Waals surface area (Å²) in [5.74, 6) is -0.541. The first-order chi connectivity index (χ1) is 9.02. The molecule has 0 radical (unpaired) electrons. The maximum Gasteiger partial charge on any atom is 0.164 e. The van der Waals surface area contributed by atoms with Crippen molar-refractivity contribution in [2.45, 2.75) is 51.6 Å². The minimum Gasteiger partial charge on any atom is -0.340 e. The second-order valence-electron chi connectivity index (χ2n) is 5.29. The van der Waals surface area contributed by atoms with Gasteiger partial charge in [0.1, 0.15) is 12.2 Å². The Morgan fingerprint density at radius 2 is 1.95 bits per heavy atom. The Balaban J connectivity index is 2.22. The second kappa shape index (κ2) is 6.21. The third kappa shape index (κ3) is 3.91. The first kappa shape index (κ1) is 14.8. The second-order valence-corrected chi connectivity index (χ2v) is 6.31. The normalized spacial score (nSPS) is 26.6. The van der Waals surface area contributed by atoms with E-state index in [9.17, 15) is 0 Å². The van der Waals surface area contributed by atoms with Crippen LogP contribution in [0.4, 0.5) is 0 Å². The molecule has 3 heteroatoms. The lowest BCUT2D eigenvalue weighted by molar-refractivity contribution is -0.143. The minimum atomic E-state index is -0.541. The Morgan fingerprint density at radius 3 is 2.58 bits per heavy atom. The lowest BCUT2D eigenvalue weighted by atomic mass is 10.0. The van der Waals surface area contributed by atoms with Crippen LogP contribution in [0.1, 0.15) is 45.3 Å². The Morgan fingerprint density at radius 1 is 1.26 bits per heavy atom. The molecule has 0 N–H and O–H groups in total. The summed E-state index contributed by atoms with van der Waals surface area (Å²) in [5, 5.41) is 0. The zero-order valence-corrected chi connectivity index (χ0v) is 13.3. The van der Waals surface area contributed by atoms with Gasteiger partial charge in [0.05, 0.1) is 0 Å². The quantitative estimate of drug-likeness (QED) is 0.779. The molecular weight excluding hydrogens is 304 g/mol. The maximum atomic E-state index is 6.04. The van der Waals surface area contributed by atoms with Crippen molar-refractivity contribution in [3.63, 3.8) is 0 Å². The third-order valence-corrected chi connectivity index (χ3v) is 3.75. The van der Waals surface area contributed by atoms with E-state index in [-0.39, 0.29) is 12.2 Å². The molecule has 2 rings (SSSR count). The molecule has 104 valence electrons. The highest BCUT2D eigenvalue weighted by molar-refractivity contribution is 9.11. The zero-order valence-electron chi connectivity index (χ0n) is 11.7. The smallest absolute Gasteiger partial charge is 0.164 e. The van der Waals surface area contributed by atoms with Crippen LogP contribution in [0.2, 0.25) is 0 Å². The number of rotatable bonds is 4. The number of benzene rings is 1. The molecule has 0 aliphatic carbocycles. The molecule has 1 heterocycles. The van der Waals surface area contributed by atoms with E-state index >= 15 is 0 Å². The lowest BCUT2D eigenvalue weighted by Gasteiger charge is -2.16. The van der Waals surface area contributed by atoms with Crippen molar-refractivity contribution in [2.75, 3.05) is 0 Å². The molecular formula is C16H21BrO2. The molecule has 1 saturated heterocycles. The van der Waals surface area contributed by atoms with E-state index in [0.29, 0.717) is 0 Å². The maximum absolute atomic E-state index is 6.04. The first-order valence-electron chi connectivity index (χ1n) is 6.78. The van der Waals surface area contributed by atoms with Gasteiger partial charge in [-0.05, 0) is 36.4 Å². The predicted molar refractivity (Wildman–Crippen MR) is 81.1 cm³/mol. The van der Waals surface area contributed by atoms with Crippen molar-refractivity contribution in [2.24, 2.45) is 0 Å². The monoisotopic (exact) mass is 324 g/mol. The summed E-state index contributed by atoms with van der Waals surface area (Å²) in [6, 6.07) is 10.3. The Labute approximate surface area is 123 Å². The van der Waals surface area contributed by atoms with E-state index < -0.39 is 5.79 Å². The number of hydrogen-bond acceptors (Lipinski definition) is 2. The third-order valence-electron chi connectivity index (χ3n) is 3.09. The van der Waals surface area contributed by atoms with Gasteiger partial charge in [0, 0.05) is 0 Å². The van der Waals surface area contributed by atoms with Crippen LogP contribution in [0.25, 0.3) is 0 Å². The number of halogens is 1. The molecule has 1 aromatic carbocycles. The highest BCUT2D eigenvalue weighted by Crippen LogP contribution is 2.39. The fourth-order valence-corrected chi connectivity index (χ4v) is 2.97. The average molecular weight is 325 g/mol. The zero-order chi connectivity index (χ0) is 13.9. The fraction of sp³-hybridized carbons (Fsp3) is 0.500. The molecule has 2 atom stereocenters. The van der Waals surface area contributed by atoms with Gasteiger partial charge in [-0.3, -0.25) is 0 Å². The molecule has 0 aromatic heterocycles. The molecule has 0 bridgehead atoms. The highest BCUT2D eigenvalue weighted by Gasteiger charge is 2.40. The summed E-state index contributed by atoms with van der Waals surface area (Å²) >= 11 is 3.61. The van der Waals surface area contributed by atoms with Crippen molar-refractivity contribution >= 4 is 15.9 Å². The van der Waals surface area contributed by atoms with Gasteiger partial charge in [-0.25, -0.2) is 0 Å². The molecule has 1 fully saturated rings. The summed E-state index contributed by atoms with van der Waals surface area (Å²) in [6.45, 7) is 6.09. The van der Waals surface area contributed by atoms with Crippen molar-refractivity contribution < 1.29 is 9.47 Å². The number of hydrogen-bond donors (Lipinski definition) is 0. The number of allylic oxidation sites excluding steroid dienone is 1. The van der Waals surface area contributed by atoms with Crippen LogP contribution in [0.5, 0.6) is 0 Å². The lowest BCUT2D eigenvalue weighted by Crippen LogP contribution is -2.20. The van der Waals surface area contributed by atoms with Crippen LogP contribution >= 0.6 is 15.9 Å². The summed E-state index contributed by atoms with van der Waals surface area (Å²) in [6.07, 6.45) is 4.20.